The fourth-order valence-corrected chi connectivity index (χ4v) is 2.47. The van der Waals surface area contributed by atoms with E-state index in [0.29, 0.717) is 11.6 Å². The number of hydrogen-bond donors (Lipinski definition) is 2. The maximum Gasteiger partial charge on any atom is 0.308 e. The standard InChI is InChI=1S/C16H18N2O4S/c1-11(16(20)21)7-17-14(19)10-23-9-13-8-22-15(18-13)12-5-3-2-4-6-12/h2-6,8,11H,7,9-10H2,1H3,(H,17,19)(H,20,21)/t11-/m1/s1. The summed E-state index contributed by atoms with van der Waals surface area (Å²) in [7, 11) is 0. The minimum atomic E-state index is -0.922. The zero-order chi connectivity index (χ0) is 16.7. The molecule has 1 amide bonds. The minimum absolute atomic E-state index is 0.136. The van der Waals surface area contributed by atoms with E-state index in [0.717, 1.165) is 11.3 Å². The molecule has 2 aromatic rings. The van der Waals surface area contributed by atoms with Gasteiger partial charge < -0.3 is 14.8 Å². The molecule has 0 saturated heterocycles. The summed E-state index contributed by atoms with van der Waals surface area (Å²) in [6.07, 6.45) is 1.58. The molecule has 2 N–H and O–H groups in total. The molecular weight excluding hydrogens is 316 g/mol. The monoisotopic (exact) mass is 334 g/mol. The number of aromatic nitrogens is 1. The van der Waals surface area contributed by atoms with Gasteiger partial charge in [0.2, 0.25) is 11.8 Å². The van der Waals surface area contributed by atoms with Gasteiger partial charge in [0.15, 0.2) is 0 Å². The van der Waals surface area contributed by atoms with Crippen molar-refractivity contribution >= 4 is 23.6 Å². The Balaban J connectivity index is 1.73. The van der Waals surface area contributed by atoms with Crippen LogP contribution in [0.15, 0.2) is 41.0 Å². The predicted octanol–water partition coefficient (Wildman–Crippen LogP) is 2.41. The van der Waals surface area contributed by atoms with E-state index in [4.69, 9.17) is 9.52 Å². The number of nitrogens with zero attached hydrogens (tertiary/aromatic N) is 1. The first-order valence-corrected chi connectivity index (χ1v) is 8.29. The summed E-state index contributed by atoms with van der Waals surface area (Å²) in [5.74, 6) is -0.337. The first-order valence-electron chi connectivity index (χ1n) is 7.13. The molecule has 2 rings (SSSR count). The van der Waals surface area contributed by atoms with Gasteiger partial charge in [-0.3, -0.25) is 9.59 Å². The number of carboxylic acids is 1. The molecule has 23 heavy (non-hydrogen) atoms. The van der Waals surface area contributed by atoms with Crippen molar-refractivity contribution in [2.45, 2.75) is 12.7 Å². The van der Waals surface area contributed by atoms with E-state index in [1.54, 1.807) is 13.2 Å². The van der Waals surface area contributed by atoms with Crippen LogP contribution in [0.5, 0.6) is 0 Å². The van der Waals surface area contributed by atoms with E-state index in [1.807, 2.05) is 30.3 Å². The minimum Gasteiger partial charge on any atom is -0.481 e. The SMILES string of the molecule is C[C@H](CNC(=O)CSCc1coc(-c2ccccc2)n1)C(=O)O. The molecule has 1 aromatic carbocycles. The molecule has 0 spiro atoms. The summed E-state index contributed by atoms with van der Waals surface area (Å²) in [6.45, 7) is 1.69. The fraction of sp³-hybridized carbons (Fsp3) is 0.312. The maximum atomic E-state index is 11.6. The lowest BCUT2D eigenvalue weighted by atomic mass is 10.2. The molecule has 1 aromatic heterocycles. The van der Waals surface area contributed by atoms with Gasteiger partial charge in [0.05, 0.1) is 17.4 Å². The summed E-state index contributed by atoms with van der Waals surface area (Å²) in [5, 5.41) is 11.3. The van der Waals surface area contributed by atoms with Gasteiger partial charge >= 0.3 is 5.97 Å². The summed E-state index contributed by atoms with van der Waals surface area (Å²) >= 11 is 1.40. The Morgan fingerprint density at radius 3 is 2.78 bits per heavy atom. The van der Waals surface area contributed by atoms with Crippen LogP contribution in [0.1, 0.15) is 12.6 Å². The van der Waals surface area contributed by atoms with Gasteiger partial charge in [-0.2, -0.15) is 0 Å². The van der Waals surface area contributed by atoms with Crippen molar-refractivity contribution in [3.05, 3.63) is 42.3 Å². The maximum absolute atomic E-state index is 11.6. The molecule has 0 fully saturated rings. The molecule has 1 atom stereocenters. The van der Waals surface area contributed by atoms with Crippen LogP contribution < -0.4 is 5.32 Å². The molecule has 0 aliphatic rings. The van der Waals surface area contributed by atoms with Gasteiger partial charge in [0.25, 0.3) is 0 Å². The molecule has 122 valence electrons. The van der Waals surface area contributed by atoms with Crippen LogP contribution in [0.25, 0.3) is 11.5 Å². The van der Waals surface area contributed by atoms with Gasteiger partial charge in [0, 0.05) is 17.9 Å². The molecule has 0 aliphatic heterocycles. The highest BCUT2D eigenvalue weighted by Crippen LogP contribution is 2.20. The number of amides is 1. The average molecular weight is 334 g/mol. The first-order chi connectivity index (χ1) is 11.1. The van der Waals surface area contributed by atoms with Crippen LogP contribution in [0.4, 0.5) is 0 Å². The summed E-state index contributed by atoms with van der Waals surface area (Å²) < 4.78 is 5.42. The quantitative estimate of drug-likeness (QED) is 0.770. The highest BCUT2D eigenvalue weighted by molar-refractivity contribution is 7.99. The van der Waals surface area contributed by atoms with Crippen LogP contribution in [-0.2, 0) is 15.3 Å². The van der Waals surface area contributed by atoms with Gasteiger partial charge in [-0.15, -0.1) is 11.8 Å². The van der Waals surface area contributed by atoms with Crippen molar-refractivity contribution in [1.82, 2.24) is 10.3 Å². The van der Waals surface area contributed by atoms with Crippen LogP contribution in [0.3, 0.4) is 0 Å². The number of benzene rings is 1. The van der Waals surface area contributed by atoms with E-state index < -0.39 is 11.9 Å². The number of carbonyl (C=O) groups excluding carboxylic acids is 1. The molecule has 7 heteroatoms. The molecule has 0 unspecified atom stereocenters. The van der Waals surface area contributed by atoms with Crippen LogP contribution in [0, 0.1) is 5.92 Å². The third kappa shape index (κ3) is 5.45. The third-order valence-corrected chi connectivity index (χ3v) is 4.05. The Kier molecular flexibility index (Phi) is 6.22. The number of oxazole rings is 1. The van der Waals surface area contributed by atoms with E-state index in [9.17, 15) is 9.59 Å². The second kappa shape index (κ2) is 8.38. The van der Waals surface area contributed by atoms with Gasteiger partial charge in [-0.25, -0.2) is 4.98 Å². The number of carboxylic acid groups (broad SMARTS) is 1. The molecule has 0 saturated carbocycles. The smallest absolute Gasteiger partial charge is 0.308 e. The summed E-state index contributed by atoms with van der Waals surface area (Å²) in [6, 6.07) is 9.58. The van der Waals surface area contributed by atoms with E-state index in [-0.39, 0.29) is 18.2 Å². The van der Waals surface area contributed by atoms with Crippen LogP contribution >= 0.6 is 11.8 Å². The van der Waals surface area contributed by atoms with E-state index >= 15 is 0 Å². The Hall–Kier alpha value is -2.28. The topological polar surface area (TPSA) is 92.4 Å². The van der Waals surface area contributed by atoms with Gasteiger partial charge in [0.1, 0.15) is 6.26 Å². The summed E-state index contributed by atoms with van der Waals surface area (Å²) in [4.78, 5) is 26.7. The lowest BCUT2D eigenvalue weighted by molar-refractivity contribution is -0.141. The number of carbonyl (C=O) groups is 2. The second-order valence-electron chi connectivity index (χ2n) is 5.05. The lowest BCUT2D eigenvalue weighted by Gasteiger charge is -2.07. The molecular formula is C16H18N2O4S. The number of thioether (sulfide) groups is 1. The van der Waals surface area contributed by atoms with Crippen molar-refractivity contribution in [2.75, 3.05) is 12.3 Å². The third-order valence-electron chi connectivity index (χ3n) is 3.08. The van der Waals surface area contributed by atoms with Crippen molar-refractivity contribution in [2.24, 2.45) is 5.92 Å². The van der Waals surface area contributed by atoms with Crippen molar-refractivity contribution in [3.63, 3.8) is 0 Å². The Morgan fingerprint density at radius 2 is 2.09 bits per heavy atom. The largest absolute Gasteiger partial charge is 0.481 e. The molecule has 0 bridgehead atoms. The highest BCUT2D eigenvalue weighted by atomic mass is 32.2. The van der Waals surface area contributed by atoms with Gasteiger partial charge in [-0.1, -0.05) is 25.1 Å². The summed E-state index contributed by atoms with van der Waals surface area (Å²) in [5.41, 5.74) is 1.67. The van der Waals surface area contributed by atoms with Crippen LogP contribution in [-0.4, -0.2) is 34.3 Å². The predicted molar refractivity (Wildman–Crippen MR) is 87.9 cm³/mol. The molecule has 1 heterocycles. The highest BCUT2D eigenvalue weighted by Gasteiger charge is 2.12. The molecule has 0 aliphatic carbocycles. The van der Waals surface area contributed by atoms with Crippen LogP contribution in [0.2, 0.25) is 0 Å². The average Bonchev–Trinajstić information content (AvgIpc) is 3.02. The Labute approximate surface area is 138 Å². The van der Waals surface area contributed by atoms with Crippen molar-refractivity contribution in [3.8, 4) is 11.5 Å². The van der Waals surface area contributed by atoms with E-state index in [2.05, 4.69) is 10.3 Å². The fourth-order valence-electron chi connectivity index (χ4n) is 1.74. The van der Waals surface area contributed by atoms with E-state index in [1.165, 1.54) is 11.8 Å². The number of hydrogen-bond acceptors (Lipinski definition) is 5. The zero-order valence-electron chi connectivity index (χ0n) is 12.7. The van der Waals surface area contributed by atoms with Crippen molar-refractivity contribution in [1.29, 1.82) is 0 Å². The number of aliphatic carboxylic acids is 1. The second-order valence-corrected chi connectivity index (χ2v) is 6.03. The van der Waals surface area contributed by atoms with Crippen molar-refractivity contribution < 1.29 is 19.1 Å². The Bertz CT molecular complexity index is 657. The zero-order valence-corrected chi connectivity index (χ0v) is 13.5. The normalized spacial score (nSPS) is 11.9. The molecule has 0 radical (unpaired) electrons. The number of rotatable bonds is 8. The first kappa shape index (κ1) is 17.1. The Morgan fingerprint density at radius 1 is 1.35 bits per heavy atom. The number of nitrogens with one attached hydrogen (secondary N) is 1. The lowest BCUT2D eigenvalue weighted by Crippen LogP contribution is -2.32. The van der Waals surface area contributed by atoms with Gasteiger partial charge in [-0.05, 0) is 12.1 Å². The molecule has 6 nitrogen and oxygen atoms in total.